The van der Waals surface area contributed by atoms with Gasteiger partial charge in [-0.15, -0.1) is 0 Å². The Morgan fingerprint density at radius 3 is 3.06 bits per heavy atom. The van der Waals surface area contributed by atoms with Crippen molar-refractivity contribution in [3.8, 4) is 0 Å². The fourth-order valence-electron chi connectivity index (χ4n) is 1.03. The third kappa shape index (κ3) is 4.83. The zero-order valence-electron chi connectivity index (χ0n) is 8.90. The molecule has 94 valence electrons. The molecule has 0 saturated carbocycles. The lowest BCUT2D eigenvalue weighted by Gasteiger charge is -2.06. The van der Waals surface area contributed by atoms with E-state index < -0.39 is 11.5 Å². The fourth-order valence-corrected chi connectivity index (χ4v) is 1.18. The summed E-state index contributed by atoms with van der Waals surface area (Å²) in [5.74, 6) is -0.903. The summed E-state index contributed by atoms with van der Waals surface area (Å²) in [5.41, 5.74) is -0.0549. The summed E-state index contributed by atoms with van der Waals surface area (Å²) in [7, 11) is 0. The highest BCUT2D eigenvalue weighted by molar-refractivity contribution is 6.32. The number of carboxylic acid groups (broad SMARTS) is 1. The Hall–Kier alpha value is -1.60. The lowest BCUT2D eigenvalue weighted by atomic mass is 10.4. The molecule has 1 aromatic heterocycles. The van der Waals surface area contributed by atoms with Crippen molar-refractivity contribution >= 4 is 23.3 Å². The third-order valence-corrected chi connectivity index (χ3v) is 2.19. The van der Waals surface area contributed by atoms with Gasteiger partial charge in [-0.25, -0.2) is 5.10 Å². The number of rotatable bonds is 7. The average molecular weight is 262 g/mol. The minimum absolute atomic E-state index is 0.0329. The first-order chi connectivity index (χ1) is 8.11. The van der Waals surface area contributed by atoms with Crippen molar-refractivity contribution in [2.75, 3.05) is 25.1 Å². The number of aliphatic carboxylic acids is 1. The lowest BCUT2D eigenvalue weighted by Crippen LogP contribution is -2.15. The highest BCUT2D eigenvalue weighted by atomic mass is 35.5. The number of carbonyl (C=O) groups is 1. The van der Waals surface area contributed by atoms with Crippen LogP contribution in [0.5, 0.6) is 0 Å². The van der Waals surface area contributed by atoms with Crippen LogP contribution in [-0.2, 0) is 9.53 Å². The molecule has 0 amide bonds. The van der Waals surface area contributed by atoms with Gasteiger partial charge >= 0.3 is 5.97 Å². The van der Waals surface area contributed by atoms with E-state index >= 15 is 0 Å². The lowest BCUT2D eigenvalue weighted by molar-refractivity contribution is -0.138. The van der Waals surface area contributed by atoms with Gasteiger partial charge in [0, 0.05) is 6.54 Å². The van der Waals surface area contributed by atoms with E-state index in [-0.39, 0.29) is 18.1 Å². The molecule has 1 aromatic rings. The largest absolute Gasteiger partial charge is 0.481 e. The van der Waals surface area contributed by atoms with Crippen LogP contribution in [0.4, 0.5) is 5.69 Å². The Kier molecular flexibility index (Phi) is 5.44. The molecule has 0 aliphatic rings. The summed E-state index contributed by atoms with van der Waals surface area (Å²) in [6.07, 6.45) is 1.36. The maximum absolute atomic E-state index is 11.1. The second kappa shape index (κ2) is 6.87. The molecule has 17 heavy (non-hydrogen) atoms. The number of hydrogen-bond acceptors (Lipinski definition) is 5. The van der Waals surface area contributed by atoms with Crippen molar-refractivity contribution in [2.24, 2.45) is 0 Å². The molecule has 0 radical (unpaired) electrons. The first-order valence-corrected chi connectivity index (χ1v) is 5.25. The monoisotopic (exact) mass is 261 g/mol. The zero-order chi connectivity index (χ0) is 12.7. The summed E-state index contributed by atoms with van der Waals surface area (Å²) in [6.45, 7) is 0.874. The molecule has 7 nitrogen and oxygen atoms in total. The van der Waals surface area contributed by atoms with E-state index in [2.05, 4.69) is 15.5 Å². The molecule has 1 heterocycles. The van der Waals surface area contributed by atoms with E-state index in [9.17, 15) is 9.59 Å². The van der Waals surface area contributed by atoms with Gasteiger partial charge < -0.3 is 15.2 Å². The van der Waals surface area contributed by atoms with Crippen LogP contribution in [0.2, 0.25) is 5.02 Å². The van der Waals surface area contributed by atoms with Crippen molar-refractivity contribution in [3.05, 3.63) is 21.6 Å². The van der Waals surface area contributed by atoms with Crippen LogP contribution >= 0.6 is 11.6 Å². The third-order valence-electron chi connectivity index (χ3n) is 1.82. The van der Waals surface area contributed by atoms with Crippen LogP contribution in [0.1, 0.15) is 6.42 Å². The van der Waals surface area contributed by atoms with Gasteiger partial charge in [0.25, 0.3) is 5.56 Å². The summed E-state index contributed by atoms with van der Waals surface area (Å²) in [4.78, 5) is 21.2. The quantitative estimate of drug-likeness (QED) is 0.611. The van der Waals surface area contributed by atoms with Crippen molar-refractivity contribution in [2.45, 2.75) is 6.42 Å². The SMILES string of the molecule is O=C(O)CCOCCNc1cn[nH]c(=O)c1Cl. The van der Waals surface area contributed by atoms with Crippen molar-refractivity contribution in [3.63, 3.8) is 0 Å². The Bertz CT molecular complexity index is 434. The van der Waals surface area contributed by atoms with E-state index in [0.29, 0.717) is 18.8 Å². The van der Waals surface area contributed by atoms with Gasteiger partial charge in [0.1, 0.15) is 5.02 Å². The number of hydrogen-bond donors (Lipinski definition) is 3. The van der Waals surface area contributed by atoms with Gasteiger partial charge in [-0.1, -0.05) is 11.6 Å². The Morgan fingerprint density at radius 2 is 2.35 bits per heavy atom. The number of nitrogens with zero attached hydrogens (tertiary/aromatic N) is 1. The number of anilines is 1. The predicted octanol–water partition coefficient (Wildman–Crippen LogP) is 0.326. The minimum atomic E-state index is -0.903. The first-order valence-electron chi connectivity index (χ1n) is 4.88. The van der Waals surface area contributed by atoms with Crippen molar-refractivity contribution in [1.82, 2.24) is 10.2 Å². The van der Waals surface area contributed by atoms with E-state index in [1.165, 1.54) is 6.20 Å². The topological polar surface area (TPSA) is 104 Å². The smallest absolute Gasteiger partial charge is 0.305 e. The number of halogens is 1. The van der Waals surface area contributed by atoms with Crippen LogP contribution in [0.3, 0.4) is 0 Å². The van der Waals surface area contributed by atoms with Crippen LogP contribution in [0.15, 0.2) is 11.0 Å². The summed E-state index contributed by atoms with van der Waals surface area (Å²) < 4.78 is 5.04. The van der Waals surface area contributed by atoms with Gasteiger partial charge in [-0.2, -0.15) is 5.10 Å². The molecule has 0 fully saturated rings. The minimum Gasteiger partial charge on any atom is -0.481 e. The van der Waals surface area contributed by atoms with Crippen LogP contribution < -0.4 is 10.9 Å². The molecule has 0 atom stereocenters. The molecule has 0 aliphatic carbocycles. The number of carboxylic acids is 1. The average Bonchev–Trinajstić information content (AvgIpc) is 2.28. The van der Waals surface area contributed by atoms with Crippen molar-refractivity contribution < 1.29 is 14.6 Å². The molecule has 0 bridgehead atoms. The van der Waals surface area contributed by atoms with Crippen LogP contribution in [0.25, 0.3) is 0 Å². The molecule has 1 rings (SSSR count). The number of ether oxygens (including phenoxy) is 1. The Labute approximate surface area is 102 Å². The molecule has 0 aromatic carbocycles. The molecule has 0 aliphatic heterocycles. The maximum atomic E-state index is 11.1. The Morgan fingerprint density at radius 1 is 1.59 bits per heavy atom. The van der Waals surface area contributed by atoms with Gasteiger partial charge in [0.15, 0.2) is 0 Å². The molecule has 8 heteroatoms. The maximum Gasteiger partial charge on any atom is 0.305 e. The Balaban J connectivity index is 2.25. The zero-order valence-corrected chi connectivity index (χ0v) is 9.66. The molecule has 0 spiro atoms. The molecular weight excluding hydrogens is 250 g/mol. The van der Waals surface area contributed by atoms with Gasteiger partial charge in [0.05, 0.1) is 31.5 Å². The molecule has 0 unspecified atom stereocenters. The van der Waals surface area contributed by atoms with Gasteiger partial charge in [-0.05, 0) is 0 Å². The van der Waals surface area contributed by atoms with E-state index in [4.69, 9.17) is 21.4 Å². The standard InChI is InChI=1S/C9H12ClN3O4/c10-8-6(5-12-13-9(8)16)11-2-4-17-3-1-7(14)15/h5H,1-4H2,(H,14,15)(H2,11,13,16). The predicted molar refractivity (Wildman–Crippen MR) is 61.4 cm³/mol. The normalized spacial score (nSPS) is 10.2. The van der Waals surface area contributed by atoms with E-state index in [1.807, 2.05) is 0 Å². The number of H-pyrrole nitrogens is 1. The van der Waals surface area contributed by atoms with Crippen LogP contribution in [0, 0.1) is 0 Å². The number of aromatic amines is 1. The number of aromatic nitrogens is 2. The highest BCUT2D eigenvalue weighted by Gasteiger charge is 2.03. The van der Waals surface area contributed by atoms with E-state index in [1.54, 1.807) is 0 Å². The summed E-state index contributed by atoms with van der Waals surface area (Å²) in [5, 5.41) is 17.0. The van der Waals surface area contributed by atoms with Gasteiger partial charge in [-0.3, -0.25) is 9.59 Å². The summed E-state index contributed by atoms with van der Waals surface area (Å²) >= 11 is 5.71. The van der Waals surface area contributed by atoms with Crippen molar-refractivity contribution in [1.29, 1.82) is 0 Å². The molecular formula is C9H12ClN3O4. The number of nitrogens with one attached hydrogen (secondary N) is 2. The summed E-state index contributed by atoms with van der Waals surface area (Å²) in [6, 6.07) is 0. The fraction of sp³-hybridized carbons (Fsp3) is 0.444. The highest BCUT2D eigenvalue weighted by Crippen LogP contribution is 2.13. The second-order valence-electron chi connectivity index (χ2n) is 3.11. The molecule has 0 saturated heterocycles. The van der Waals surface area contributed by atoms with E-state index in [0.717, 1.165) is 0 Å². The van der Waals surface area contributed by atoms with Gasteiger partial charge in [0.2, 0.25) is 0 Å². The van der Waals surface area contributed by atoms with Crippen LogP contribution in [-0.4, -0.2) is 41.0 Å². The molecule has 3 N–H and O–H groups in total. The second-order valence-corrected chi connectivity index (χ2v) is 3.49. The first kappa shape index (κ1) is 13.5.